The zero-order valence-corrected chi connectivity index (χ0v) is 42.2. The maximum atomic E-state index is 12.0. The van der Waals surface area contributed by atoms with E-state index in [4.69, 9.17) is 40.9 Å². The fourth-order valence-electron chi connectivity index (χ4n) is 6.26. The Balaban J connectivity index is 0.000000288. The minimum atomic E-state index is -5.02. The third kappa shape index (κ3) is 20.5. The number of aromatic hydroxyl groups is 16. The number of hydrogen-bond donors (Lipinski definition) is 18. The number of nitro benzene ring substituents is 1. The summed E-state index contributed by atoms with van der Waals surface area (Å²) in [5.74, 6) is -13.4. The molecule has 35 heteroatoms. The lowest BCUT2D eigenvalue weighted by Crippen LogP contribution is -2.34. The number of amides is 2. The quantitative estimate of drug-likeness (QED) is 0.0210. The lowest BCUT2D eigenvalue weighted by atomic mass is 10.1. The van der Waals surface area contributed by atoms with Gasteiger partial charge in [-0.05, 0) is 42.8 Å². The summed E-state index contributed by atoms with van der Waals surface area (Å²) in [5, 5.41) is 169. The zero-order valence-electron chi connectivity index (χ0n) is 42.2. The molecular weight excluding hydrogens is 1180 g/mol. The number of aryl methyl sites for hydroxylation is 1. The van der Waals surface area contributed by atoms with E-state index in [1.54, 1.807) is 6.92 Å². The van der Waals surface area contributed by atoms with Crippen LogP contribution in [0.3, 0.4) is 0 Å². The molecule has 0 aliphatic heterocycles. The summed E-state index contributed by atoms with van der Waals surface area (Å²) < 4.78 is 110. The van der Waals surface area contributed by atoms with Crippen LogP contribution in [0.25, 0.3) is 0 Å². The first-order valence-corrected chi connectivity index (χ1v) is 22.4. The predicted molar refractivity (Wildman–Crippen MR) is 269 cm³/mol. The molecule has 0 aliphatic carbocycles. The molecule has 2 amide bonds. The van der Waals surface area contributed by atoms with Gasteiger partial charge < -0.3 is 97.1 Å². The molecule has 0 spiro atoms. The van der Waals surface area contributed by atoms with Crippen LogP contribution >= 0.6 is 0 Å². The Morgan fingerprint density at radius 1 is 0.471 bits per heavy atom. The number of phenolic OH excluding ortho intramolecular Hbond substituents is 16. The number of hydrogen-bond acceptors (Lipinski definition) is 23. The number of halogens is 9. The summed E-state index contributed by atoms with van der Waals surface area (Å²) in [6, 6.07) is 16.0. The van der Waals surface area contributed by atoms with Gasteiger partial charge in [0.2, 0.25) is 5.75 Å². The monoisotopic (exact) mass is 1220 g/mol. The first-order valence-electron chi connectivity index (χ1n) is 22.4. The Labute approximate surface area is 467 Å². The van der Waals surface area contributed by atoms with E-state index >= 15 is 0 Å². The Morgan fingerprint density at radius 2 is 0.835 bits per heavy atom. The fraction of sp³-hybridized carbons (Fsp3) is 0.120. The van der Waals surface area contributed by atoms with E-state index in [1.165, 1.54) is 30.3 Å². The van der Waals surface area contributed by atoms with E-state index in [2.05, 4.69) is 25.6 Å². The Morgan fingerprint density at radius 3 is 1.19 bits per heavy atom. The summed E-state index contributed by atoms with van der Waals surface area (Å²) in [5.41, 5.74) is -2.40. The van der Waals surface area contributed by atoms with Crippen LogP contribution in [0.5, 0.6) is 97.7 Å². The van der Waals surface area contributed by atoms with Crippen molar-refractivity contribution in [2.45, 2.75) is 25.6 Å². The molecule has 85 heavy (non-hydrogen) atoms. The Hall–Kier alpha value is -11.6. The Kier molecular flexibility index (Phi) is 22.5. The summed E-state index contributed by atoms with van der Waals surface area (Å²) >= 11 is 0. The second kappa shape index (κ2) is 28.2. The number of alkyl halides is 9. The maximum absolute atomic E-state index is 12.0. The van der Waals surface area contributed by atoms with Crippen LogP contribution in [0.15, 0.2) is 113 Å². The number of non-ortho nitro benzene ring substituents is 1. The number of nitrogens with zero attached hydrogens (tertiary/aromatic N) is 3. The van der Waals surface area contributed by atoms with Crippen molar-refractivity contribution < 1.29 is 140 Å². The molecular formula is C50H42F9N5O21. The smallest absolute Gasteiger partial charge is 0.508 e. The van der Waals surface area contributed by atoms with E-state index in [9.17, 15) is 100 Å². The number of nitrogens with one attached hydrogen (secondary N) is 2. The van der Waals surface area contributed by atoms with Crippen LogP contribution in [0.1, 0.15) is 37.4 Å². The van der Waals surface area contributed by atoms with Crippen LogP contribution in [-0.4, -0.2) is 118 Å². The van der Waals surface area contributed by atoms with Crippen LogP contribution in [0, 0.1) is 17.0 Å². The molecule has 0 unspecified atom stereocenters. The van der Waals surface area contributed by atoms with Gasteiger partial charge in [-0.2, -0.15) is 31.5 Å². The zero-order chi connectivity index (χ0) is 64.6. The highest BCUT2D eigenvalue weighted by atomic mass is 19.4. The number of azo groups is 1. The van der Waals surface area contributed by atoms with Crippen molar-refractivity contribution >= 4 is 28.9 Å². The van der Waals surface area contributed by atoms with Crippen molar-refractivity contribution in [3.63, 3.8) is 0 Å². The molecule has 0 aliphatic rings. The molecule has 0 aromatic heterocycles. The molecule has 0 heterocycles. The van der Waals surface area contributed by atoms with Crippen molar-refractivity contribution in [1.82, 2.24) is 10.6 Å². The highest BCUT2D eigenvalue weighted by Crippen LogP contribution is 2.45. The van der Waals surface area contributed by atoms with Gasteiger partial charge in [-0.1, -0.05) is 0 Å². The van der Waals surface area contributed by atoms with E-state index in [0.717, 1.165) is 36.4 Å². The third-order valence-corrected chi connectivity index (χ3v) is 9.81. The highest BCUT2D eigenvalue weighted by molar-refractivity contribution is 6.00. The van der Waals surface area contributed by atoms with E-state index in [0.29, 0.717) is 47.6 Å². The Bertz CT molecular complexity index is 3380. The second-order valence-corrected chi connectivity index (χ2v) is 16.3. The minimum absolute atomic E-state index is 0.0346. The van der Waals surface area contributed by atoms with Gasteiger partial charge in [0.15, 0.2) is 11.5 Å². The van der Waals surface area contributed by atoms with Crippen LogP contribution in [0.2, 0.25) is 0 Å². The molecule has 0 saturated heterocycles. The number of carbonyl (C=O) groups excluding carboxylic acids is 2. The third-order valence-electron chi connectivity index (χ3n) is 9.81. The van der Waals surface area contributed by atoms with Crippen molar-refractivity contribution in [2.24, 2.45) is 10.2 Å². The fourth-order valence-corrected chi connectivity index (χ4v) is 6.26. The standard InChI is InChI=1S/C16H16N2O8.C13H11N3O4.C7H5F3O4.C7H5F3O3.C7H5F3O2/c19-7-3-9(21)13(10(22)4-7)15(25)17-1-2-18-16(26)14-11(23)5-8(20)6-12(14)24;1-8-6-11(17)7-12(18)13(8)15-14-9-2-4-10(5-3-9)16(19)20;8-7(9,10)14-6-4(12)1-3(11)2-5(6)13;8-7(9,10)6-4(12)1-3(11)2-5(6)13;8-7(9,10)5-2-1-4(11)3-6(5)12/h3-6,19-24H,1-2H2,(H,17,25)(H,18,26);2-7,17-18H,1H3;1-2,11-13H;1-2,11-13H;1-3,11-12H. The van der Waals surface area contributed by atoms with Crippen molar-refractivity contribution in [2.75, 3.05) is 13.1 Å². The maximum Gasteiger partial charge on any atom is 0.573 e. The topological polar surface area (TPSA) is 459 Å². The second-order valence-electron chi connectivity index (χ2n) is 16.3. The average molecular weight is 1220 g/mol. The molecule has 7 aromatic carbocycles. The van der Waals surface area contributed by atoms with Crippen LogP contribution in [0.4, 0.5) is 56.6 Å². The molecule has 0 fully saturated rings. The normalized spacial score (nSPS) is 11.0. The molecule has 0 bridgehead atoms. The summed E-state index contributed by atoms with van der Waals surface area (Å²) in [6.07, 6.45) is -14.5. The van der Waals surface area contributed by atoms with Gasteiger partial charge >= 0.3 is 18.7 Å². The number of ether oxygens (including phenoxy) is 1. The summed E-state index contributed by atoms with van der Waals surface area (Å²) in [6.45, 7) is 1.46. The van der Waals surface area contributed by atoms with Crippen molar-refractivity contribution in [3.05, 3.63) is 141 Å². The van der Waals surface area contributed by atoms with Gasteiger partial charge in [0, 0.05) is 85.9 Å². The van der Waals surface area contributed by atoms with Gasteiger partial charge in [0.05, 0.1) is 16.2 Å². The molecule has 7 rings (SSSR count). The molecule has 7 aromatic rings. The molecule has 0 atom stereocenters. The van der Waals surface area contributed by atoms with Crippen molar-refractivity contribution in [1.29, 1.82) is 0 Å². The van der Waals surface area contributed by atoms with Crippen LogP contribution < -0.4 is 15.4 Å². The van der Waals surface area contributed by atoms with E-state index in [-0.39, 0.29) is 36.0 Å². The minimum Gasteiger partial charge on any atom is -0.508 e. The first kappa shape index (κ1) is 67.7. The lowest BCUT2D eigenvalue weighted by Gasteiger charge is -2.11. The van der Waals surface area contributed by atoms with Gasteiger partial charge in [-0.3, -0.25) is 19.7 Å². The number of nitro groups is 1. The van der Waals surface area contributed by atoms with Crippen LogP contribution in [-0.2, 0) is 12.4 Å². The molecule has 456 valence electrons. The molecule has 0 saturated carbocycles. The van der Waals surface area contributed by atoms with E-state index < -0.39 is 144 Å². The molecule has 26 nitrogen and oxygen atoms in total. The molecule has 0 radical (unpaired) electrons. The van der Waals surface area contributed by atoms with E-state index in [1.807, 2.05) is 0 Å². The largest absolute Gasteiger partial charge is 0.573 e. The average Bonchev–Trinajstić information content (AvgIpc) is 3.55. The molecule has 18 N–H and O–H groups in total. The number of phenols is 16. The number of benzene rings is 7. The van der Waals surface area contributed by atoms with Gasteiger partial charge in [-0.15, -0.1) is 18.3 Å². The van der Waals surface area contributed by atoms with Crippen molar-refractivity contribution in [3.8, 4) is 97.7 Å². The van der Waals surface area contributed by atoms with Gasteiger partial charge in [0.1, 0.15) is 103 Å². The lowest BCUT2D eigenvalue weighted by molar-refractivity contribution is -0.384. The van der Waals surface area contributed by atoms with Gasteiger partial charge in [-0.25, -0.2) is 0 Å². The predicted octanol–water partition coefficient (Wildman–Crippen LogP) is 9.45. The highest BCUT2D eigenvalue weighted by Gasteiger charge is 2.38. The first-order chi connectivity index (χ1) is 39.2. The summed E-state index contributed by atoms with van der Waals surface area (Å²) in [4.78, 5) is 33.9. The number of carbonyl (C=O) groups is 2. The van der Waals surface area contributed by atoms with Gasteiger partial charge in [0.25, 0.3) is 17.5 Å². The SMILES string of the molecule is Cc1cc(O)cc(O)c1N=Nc1ccc([N+](=O)[O-])cc1.O=C(NCCNC(=O)c1c(O)cc(O)cc1O)c1c(O)cc(O)cc1O.Oc1cc(O)c(C(F)(F)F)c(O)c1.Oc1cc(O)c(OC(F)(F)F)c(O)c1.Oc1ccc(C(F)(F)F)c(O)c1. The summed E-state index contributed by atoms with van der Waals surface area (Å²) in [7, 11) is 0. The number of rotatable bonds is 9.